The molecule has 2 aromatic carbocycles. The molecule has 1 atom stereocenters. The van der Waals surface area contributed by atoms with Gasteiger partial charge in [-0.15, -0.1) is 0 Å². The molecule has 0 saturated carbocycles. The Kier molecular flexibility index (Phi) is 4.07. The fourth-order valence-corrected chi connectivity index (χ4v) is 2.88. The van der Waals surface area contributed by atoms with Gasteiger partial charge in [0.05, 0.1) is 11.6 Å². The maximum atomic E-state index is 13.8. The van der Waals surface area contributed by atoms with Crippen molar-refractivity contribution in [2.45, 2.75) is 12.6 Å². The van der Waals surface area contributed by atoms with Gasteiger partial charge in [-0.1, -0.05) is 35.9 Å². The van der Waals surface area contributed by atoms with E-state index in [0.717, 1.165) is 10.9 Å². The van der Waals surface area contributed by atoms with Crippen molar-refractivity contribution in [1.29, 1.82) is 0 Å². The molecule has 1 unspecified atom stereocenters. The van der Waals surface area contributed by atoms with Crippen molar-refractivity contribution in [3.63, 3.8) is 0 Å². The predicted molar refractivity (Wildman–Crippen MR) is 86.6 cm³/mol. The third-order valence-corrected chi connectivity index (χ3v) is 4.11. The van der Waals surface area contributed by atoms with E-state index in [1.807, 2.05) is 24.3 Å². The summed E-state index contributed by atoms with van der Waals surface area (Å²) < 4.78 is 15.4. The van der Waals surface area contributed by atoms with Crippen molar-refractivity contribution < 1.29 is 14.3 Å². The van der Waals surface area contributed by atoms with E-state index in [1.165, 1.54) is 12.1 Å². The topological polar surface area (TPSA) is 68.2 Å². The van der Waals surface area contributed by atoms with E-state index < -0.39 is 17.8 Å². The van der Waals surface area contributed by atoms with E-state index in [0.29, 0.717) is 11.1 Å². The Labute approximate surface area is 136 Å². The van der Waals surface area contributed by atoms with Crippen LogP contribution in [0.25, 0.3) is 10.9 Å². The van der Waals surface area contributed by atoms with Crippen molar-refractivity contribution in [3.05, 3.63) is 70.6 Å². The summed E-state index contributed by atoms with van der Waals surface area (Å²) in [5.41, 5.74) is 7.35. The molecule has 4 nitrogen and oxygen atoms in total. The third kappa shape index (κ3) is 2.69. The average molecular weight is 333 g/mol. The van der Waals surface area contributed by atoms with E-state index in [4.69, 9.17) is 17.3 Å². The Morgan fingerprint density at radius 2 is 2.04 bits per heavy atom. The molecular weight excluding hydrogens is 319 g/mol. The standard InChI is InChI=1S/C17H14ClFN2O2/c18-13-6-5-10(7-14(13)19)16(17(20)23)21-8-11(9-22)12-3-1-2-4-15(12)21/h1-8,16,22H,9H2,(H2,20,23). The number of rotatable bonds is 4. The first-order valence-corrected chi connectivity index (χ1v) is 7.34. The van der Waals surface area contributed by atoms with Gasteiger partial charge in [-0.3, -0.25) is 4.79 Å². The molecule has 23 heavy (non-hydrogen) atoms. The van der Waals surface area contributed by atoms with Gasteiger partial charge in [-0.2, -0.15) is 0 Å². The minimum atomic E-state index is -0.896. The van der Waals surface area contributed by atoms with Gasteiger partial charge >= 0.3 is 0 Å². The summed E-state index contributed by atoms with van der Waals surface area (Å²) in [6.07, 6.45) is 1.66. The SMILES string of the molecule is NC(=O)C(c1ccc(Cl)c(F)c1)n1cc(CO)c2ccccc21. The first kappa shape index (κ1) is 15.5. The summed E-state index contributed by atoms with van der Waals surface area (Å²) in [5, 5.41) is 10.3. The van der Waals surface area contributed by atoms with E-state index in [-0.39, 0.29) is 11.6 Å². The number of benzene rings is 2. The first-order valence-electron chi connectivity index (χ1n) is 6.96. The molecule has 118 valence electrons. The lowest BCUT2D eigenvalue weighted by molar-refractivity contribution is -0.120. The minimum absolute atomic E-state index is 0.0228. The average Bonchev–Trinajstić information content (AvgIpc) is 2.89. The summed E-state index contributed by atoms with van der Waals surface area (Å²) in [4.78, 5) is 12.0. The maximum Gasteiger partial charge on any atom is 0.245 e. The highest BCUT2D eigenvalue weighted by molar-refractivity contribution is 6.30. The second-order valence-corrected chi connectivity index (χ2v) is 5.62. The highest BCUT2D eigenvalue weighted by Crippen LogP contribution is 2.29. The molecule has 0 spiro atoms. The van der Waals surface area contributed by atoms with E-state index in [2.05, 4.69) is 0 Å². The van der Waals surface area contributed by atoms with Gasteiger partial charge < -0.3 is 15.4 Å². The van der Waals surface area contributed by atoms with Crippen LogP contribution in [0.3, 0.4) is 0 Å². The van der Waals surface area contributed by atoms with Crippen LogP contribution < -0.4 is 5.73 Å². The number of para-hydroxylation sites is 1. The zero-order valence-electron chi connectivity index (χ0n) is 12.0. The molecule has 0 aliphatic rings. The number of fused-ring (bicyclic) bond motifs is 1. The molecule has 1 amide bonds. The van der Waals surface area contributed by atoms with Crippen molar-refractivity contribution in [3.8, 4) is 0 Å². The number of halogens is 2. The largest absolute Gasteiger partial charge is 0.392 e. The summed E-state index contributed by atoms with van der Waals surface area (Å²) in [7, 11) is 0. The Hall–Kier alpha value is -2.37. The molecule has 1 aromatic heterocycles. The molecule has 0 fully saturated rings. The Bertz CT molecular complexity index is 891. The number of amides is 1. The third-order valence-electron chi connectivity index (χ3n) is 3.80. The van der Waals surface area contributed by atoms with Crippen molar-refractivity contribution in [2.75, 3.05) is 0 Å². The van der Waals surface area contributed by atoms with Crippen molar-refractivity contribution in [2.24, 2.45) is 5.73 Å². The van der Waals surface area contributed by atoms with Crippen molar-refractivity contribution in [1.82, 2.24) is 4.57 Å². The number of nitrogens with two attached hydrogens (primary N) is 1. The van der Waals surface area contributed by atoms with Crippen molar-refractivity contribution >= 4 is 28.4 Å². The fraction of sp³-hybridized carbons (Fsp3) is 0.118. The molecule has 0 aliphatic carbocycles. The monoisotopic (exact) mass is 332 g/mol. The Balaban J connectivity index is 2.23. The van der Waals surface area contributed by atoms with Crippen LogP contribution in [0, 0.1) is 5.82 Å². The van der Waals surface area contributed by atoms with Crippen LogP contribution in [0.5, 0.6) is 0 Å². The first-order chi connectivity index (χ1) is 11.0. The number of nitrogens with zero attached hydrogens (tertiary/aromatic N) is 1. The molecule has 0 saturated heterocycles. The Morgan fingerprint density at radius 3 is 2.70 bits per heavy atom. The lowest BCUT2D eigenvalue weighted by atomic mass is 10.1. The van der Waals surface area contributed by atoms with Crippen LogP contribution in [0.1, 0.15) is 17.2 Å². The molecule has 1 heterocycles. The number of carbonyl (C=O) groups excluding carboxylic acids is 1. The van der Waals surface area contributed by atoms with E-state index in [9.17, 15) is 14.3 Å². The number of carbonyl (C=O) groups is 1. The van der Waals surface area contributed by atoms with Gasteiger partial charge in [-0.05, 0) is 23.8 Å². The highest BCUT2D eigenvalue weighted by Gasteiger charge is 2.23. The number of primary amides is 1. The van der Waals surface area contributed by atoms with Gasteiger partial charge in [0.15, 0.2) is 0 Å². The minimum Gasteiger partial charge on any atom is -0.392 e. The van der Waals surface area contributed by atoms with Gasteiger partial charge in [0, 0.05) is 22.7 Å². The highest BCUT2D eigenvalue weighted by atomic mass is 35.5. The van der Waals surface area contributed by atoms with E-state index >= 15 is 0 Å². The van der Waals surface area contributed by atoms with Crippen LogP contribution in [-0.4, -0.2) is 15.6 Å². The molecule has 0 bridgehead atoms. The second-order valence-electron chi connectivity index (χ2n) is 5.22. The summed E-state index contributed by atoms with van der Waals surface area (Å²) in [6, 6.07) is 10.6. The molecule has 3 N–H and O–H groups in total. The van der Waals surface area contributed by atoms with E-state index in [1.54, 1.807) is 16.8 Å². The number of aromatic nitrogens is 1. The summed E-state index contributed by atoms with van der Waals surface area (Å²) in [5.74, 6) is -1.24. The normalized spacial score (nSPS) is 12.5. The van der Waals surface area contributed by atoms with Crippen LogP contribution in [0.15, 0.2) is 48.7 Å². The zero-order valence-corrected chi connectivity index (χ0v) is 12.8. The second kappa shape index (κ2) is 6.02. The van der Waals surface area contributed by atoms with Gasteiger partial charge in [-0.25, -0.2) is 4.39 Å². The maximum absolute atomic E-state index is 13.8. The van der Waals surface area contributed by atoms with Gasteiger partial charge in [0.2, 0.25) is 5.91 Å². The smallest absolute Gasteiger partial charge is 0.245 e. The van der Waals surface area contributed by atoms with Crippen LogP contribution in [-0.2, 0) is 11.4 Å². The molecule has 3 rings (SSSR count). The zero-order chi connectivity index (χ0) is 16.6. The summed E-state index contributed by atoms with van der Waals surface area (Å²) in [6.45, 7) is -0.173. The van der Waals surface area contributed by atoms with Gasteiger partial charge in [0.25, 0.3) is 0 Å². The molecule has 0 radical (unpaired) electrons. The summed E-state index contributed by atoms with van der Waals surface area (Å²) >= 11 is 5.70. The quantitative estimate of drug-likeness (QED) is 0.771. The molecular formula is C17H14ClFN2O2. The lowest BCUT2D eigenvalue weighted by Gasteiger charge is -2.17. The molecule has 3 aromatic rings. The van der Waals surface area contributed by atoms with Gasteiger partial charge in [0.1, 0.15) is 11.9 Å². The number of hydrogen-bond acceptors (Lipinski definition) is 2. The molecule has 0 aliphatic heterocycles. The number of hydrogen-bond donors (Lipinski definition) is 2. The fourth-order valence-electron chi connectivity index (χ4n) is 2.76. The van der Waals surface area contributed by atoms with Crippen LogP contribution in [0.4, 0.5) is 4.39 Å². The lowest BCUT2D eigenvalue weighted by Crippen LogP contribution is -2.27. The number of aliphatic hydroxyl groups is 1. The predicted octanol–water partition coefficient (Wildman–Crippen LogP) is 3.00. The van der Waals surface area contributed by atoms with Crippen LogP contribution in [0.2, 0.25) is 5.02 Å². The molecule has 6 heteroatoms. The Morgan fingerprint density at radius 1 is 1.30 bits per heavy atom. The number of aliphatic hydroxyl groups excluding tert-OH is 1. The van der Waals surface area contributed by atoms with Crippen LogP contribution >= 0.6 is 11.6 Å².